The van der Waals surface area contributed by atoms with E-state index in [1.54, 1.807) is 51.4 Å². The summed E-state index contributed by atoms with van der Waals surface area (Å²) in [4.78, 5) is 13.2. The van der Waals surface area contributed by atoms with E-state index in [0.717, 1.165) is 16.8 Å². The van der Waals surface area contributed by atoms with Gasteiger partial charge in [-0.05, 0) is 45.4 Å². The van der Waals surface area contributed by atoms with Gasteiger partial charge >= 0.3 is 6.61 Å². The lowest BCUT2D eigenvalue weighted by Gasteiger charge is -2.20. The monoisotopic (exact) mass is 466 g/mol. The molecule has 9 heteroatoms. The number of hydrogen-bond acceptors (Lipinski definition) is 6. The molecule has 3 heterocycles. The van der Waals surface area contributed by atoms with Crippen LogP contribution in [-0.4, -0.2) is 36.2 Å². The smallest absolute Gasteiger partial charge is 0.387 e. The Bertz CT molecular complexity index is 1360. The van der Waals surface area contributed by atoms with Crippen LogP contribution in [0.2, 0.25) is 0 Å². The number of para-hydroxylation sites is 1. The molecular formula is C25H24F2N4O3. The zero-order chi connectivity index (χ0) is 24.3. The Morgan fingerprint density at radius 2 is 1.82 bits per heavy atom. The Hall–Kier alpha value is -3.43. The molecule has 34 heavy (non-hydrogen) atoms. The first kappa shape index (κ1) is 22.4. The van der Waals surface area contributed by atoms with Gasteiger partial charge in [-0.25, -0.2) is 15.0 Å². The minimum Gasteiger partial charge on any atom is -0.435 e. The third-order valence-electron chi connectivity index (χ3n) is 6.14. The lowest BCUT2D eigenvalue weighted by molar-refractivity contribution is -0.0506. The summed E-state index contributed by atoms with van der Waals surface area (Å²) in [5.41, 5.74) is 1.57. The van der Waals surface area contributed by atoms with Crippen molar-refractivity contribution in [1.29, 1.82) is 0 Å². The second-order valence-electron chi connectivity index (χ2n) is 9.29. The summed E-state index contributed by atoms with van der Waals surface area (Å²) in [7, 11) is 0. The molecule has 0 fully saturated rings. The lowest BCUT2D eigenvalue weighted by atomic mass is 9.93. The normalized spacial score (nSPS) is 20.2. The highest BCUT2D eigenvalue weighted by molar-refractivity contribution is 5.64. The summed E-state index contributed by atoms with van der Waals surface area (Å²) in [6, 6.07) is 10.3. The van der Waals surface area contributed by atoms with Crippen LogP contribution in [0.4, 0.5) is 8.78 Å². The van der Waals surface area contributed by atoms with Gasteiger partial charge in [0.15, 0.2) is 5.82 Å². The first-order valence-corrected chi connectivity index (χ1v) is 10.9. The number of aliphatic hydroxyl groups is 2. The molecule has 0 radical (unpaired) electrons. The van der Waals surface area contributed by atoms with Gasteiger partial charge in [0.2, 0.25) is 0 Å². The van der Waals surface area contributed by atoms with Crippen molar-refractivity contribution in [3.63, 3.8) is 0 Å². The third-order valence-corrected chi connectivity index (χ3v) is 6.14. The molecule has 2 atom stereocenters. The maximum Gasteiger partial charge on any atom is 0.387 e. The molecule has 0 bridgehead atoms. The fourth-order valence-corrected chi connectivity index (χ4v) is 4.58. The van der Waals surface area contributed by atoms with Crippen molar-refractivity contribution < 1.29 is 23.7 Å². The number of nitrogens with zero attached hydrogens (tertiary/aromatic N) is 4. The average Bonchev–Trinajstić information content (AvgIpc) is 3.28. The van der Waals surface area contributed by atoms with Gasteiger partial charge in [-0.15, -0.1) is 0 Å². The number of aromatic nitrogens is 4. The maximum atomic E-state index is 13.1. The fraction of sp³-hybridized carbons (Fsp3) is 0.320. The first-order valence-electron chi connectivity index (χ1n) is 10.9. The Morgan fingerprint density at radius 1 is 1.12 bits per heavy atom. The highest BCUT2D eigenvalue weighted by Gasteiger charge is 2.44. The lowest BCUT2D eigenvalue weighted by Crippen LogP contribution is -2.19. The van der Waals surface area contributed by atoms with Crippen LogP contribution in [-0.2, 0) is 11.2 Å². The molecule has 0 saturated carbocycles. The standard InChI is InChI=1S/C25H24F2N4O3/c1-24(2,32)22-28-11-15(12-29-22)14-8-9-19-30-21-20(31(19)13-14)17(10-25(21,3)33)16-6-4-5-7-18(16)34-23(26)27/h4-9,11-13,17,23,32-33H,10H2,1-3H3. The Balaban J connectivity index is 1.63. The summed E-state index contributed by atoms with van der Waals surface area (Å²) < 4.78 is 32.8. The highest BCUT2D eigenvalue weighted by atomic mass is 19.3. The average molecular weight is 466 g/mol. The summed E-state index contributed by atoms with van der Waals surface area (Å²) in [5.74, 6) is -0.0144. The van der Waals surface area contributed by atoms with Gasteiger partial charge in [0.1, 0.15) is 22.6 Å². The molecule has 2 unspecified atom stereocenters. The van der Waals surface area contributed by atoms with Crippen LogP contribution >= 0.6 is 0 Å². The number of alkyl halides is 2. The van der Waals surface area contributed by atoms with Crippen molar-refractivity contribution in [2.75, 3.05) is 0 Å². The quantitative estimate of drug-likeness (QED) is 0.454. The number of rotatable bonds is 5. The Morgan fingerprint density at radius 3 is 2.50 bits per heavy atom. The maximum absolute atomic E-state index is 13.1. The zero-order valence-electron chi connectivity index (χ0n) is 18.9. The second-order valence-corrected chi connectivity index (χ2v) is 9.29. The van der Waals surface area contributed by atoms with E-state index in [1.165, 1.54) is 6.07 Å². The van der Waals surface area contributed by atoms with E-state index in [9.17, 15) is 19.0 Å². The van der Waals surface area contributed by atoms with Crippen LogP contribution in [0.1, 0.15) is 55.9 Å². The van der Waals surface area contributed by atoms with Crippen LogP contribution in [0.5, 0.6) is 5.75 Å². The Kier molecular flexibility index (Phi) is 5.14. The second kappa shape index (κ2) is 7.82. The van der Waals surface area contributed by atoms with Gasteiger partial charge < -0.3 is 19.4 Å². The molecule has 4 aromatic rings. The summed E-state index contributed by atoms with van der Waals surface area (Å²) in [5, 5.41) is 21.3. The number of imidazole rings is 1. The van der Waals surface area contributed by atoms with E-state index in [2.05, 4.69) is 15.0 Å². The van der Waals surface area contributed by atoms with Crippen LogP contribution in [0, 0.1) is 0 Å². The van der Waals surface area contributed by atoms with Crippen LogP contribution < -0.4 is 4.74 Å². The molecule has 1 aromatic carbocycles. The van der Waals surface area contributed by atoms with E-state index < -0.39 is 23.7 Å². The highest BCUT2D eigenvalue weighted by Crippen LogP contribution is 2.49. The summed E-state index contributed by atoms with van der Waals surface area (Å²) >= 11 is 0. The largest absolute Gasteiger partial charge is 0.435 e. The van der Waals surface area contributed by atoms with Crippen molar-refractivity contribution in [3.8, 4) is 16.9 Å². The minimum absolute atomic E-state index is 0.0767. The van der Waals surface area contributed by atoms with E-state index in [-0.39, 0.29) is 12.2 Å². The van der Waals surface area contributed by atoms with Crippen molar-refractivity contribution in [3.05, 3.63) is 77.8 Å². The Labute approximate surface area is 194 Å². The van der Waals surface area contributed by atoms with Gasteiger partial charge in [0.05, 0.1) is 11.4 Å². The van der Waals surface area contributed by atoms with Gasteiger partial charge in [0, 0.05) is 41.2 Å². The van der Waals surface area contributed by atoms with Gasteiger partial charge in [-0.2, -0.15) is 8.78 Å². The number of fused-ring (bicyclic) bond motifs is 3. The number of benzene rings is 1. The van der Waals surface area contributed by atoms with Crippen molar-refractivity contribution in [2.45, 2.75) is 50.9 Å². The van der Waals surface area contributed by atoms with Crippen LogP contribution in [0.25, 0.3) is 16.8 Å². The van der Waals surface area contributed by atoms with E-state index in [4.69, 9.17) is 4.74 Å². The minimum atomic E-state index is -2.96. The molecule has 5 rings (SSSR count). The summed E-state index contributed by atoms with van der Waals surface area (Å²) in [6.07, 6.45) is 5.43. The SMILES string of the molecule is CC(C)(O)c1ncc(-c2ccc3nc4c(n3c2)C(c2ccccc2OC(F)F)CC4(C)O)cn1. The number of ether oxygens (including phenoxy) is 1. The van der Waals surface area contributed by atoms with E-state index in [0.29, 0.717) is 22.7 Å². The predicted molar refractivity (Wildman–Crippen MR) is 121 cm³/mol. The molecule has 0 spiro atoms. The zero-order valence-corrected chi connectivity index (χ0v) is 18.9. The molecule has 176 valence electrons. The number of halogens is 2. The number of pyridine rings is 1. The topological polar surface area (TPSA) is 92.8 Å². The molecule has 0 saturated heterocycles. The summed E-state index contributed by atoms with van der Waals surface area (Å²) in [6.45, 7) is 1.96. The molecule has 3 aromatic heterocycles. The molecule has 0 amide bonds. The van der Waals surface area contributed by atoms with Crippen molar-refractivity contribution in [1.82, 2.24) is 19.4 Å². The van der Waals surface area contributed by atoms with Crippen molar-refractivity contribution in [2.24, 2.45) is 0 Å². The molecule has 2 N–H and O–H groups in total. The van der Waals surface area contributed by atoms with Gasteiger partial charge in [0.25, 0.3) is 0 Å². The van der Waals surface area contributed by atoms with Crippen LogP contribution in [0.3, 0.4) is 0 Å². The van der Waals surface area contributed by atoms with Crippen LogP contribution in [0.15, 0.2) is 55.0 Å². The predicted octanol–water partition coefficient (Wildman–Crippen LogP) is 4.36. The van der Waals surface area contributed by atoms with E-state index >= 15 is 0 Å². The molecule has 0 aliphatic heterocycles. The van der Waals surface area contributed by atoms with Crippen molar-refractivity contribution >= 4 is 5.65 Å². The fourth-order valence-electron chi connectivity index (χ4n) is 4.58. The third kappa shape index (κ3) is 3.80. The van der Waals surface area contributed by atoms with Gasteiger partial charge in [-0.3, -0.25) is 0 Å². The molecule has 1 aliphatic rings. The molecule has 7 nitrogen and oxygen atoms in total. The van der Waals surface area contributed by atoms with E-state index in [1.807, 2.05) is 22.7 Å². The first-order chi connectivity index (χ1) is 16.0. The molecule has 1 aliphatic carbocycles. The molecular weight excluding hydrogens is 442 g/mol. The number of hydrogen-bond donors (Lipinski definition) is 2. The van der Waals surface area contributed by atoms with Gasteiger partial charge in [-0.1, -0.05) is 18.2 Å².